The molecule has 0 aliphatic carbocycles. The average molecular weight is 139 g/mol. The van der Waals surface area contributed by atoms with Crippen molar-refractivity contribution in [3.63, 3.8) is 0 Å². The molecule has 0 saturated heterocycles. The van der Waals surface area contributed by atoms with Crippen molar-refractivity contribution in [1.29, 1.82) is 0 Å². The van der Waals surface area contributed by atoms with Crippen LogP contribution in [0.5, 0.6) is 0 Å². The molecule has 0 radical (unpaired) electrons. The lowest BCUT2D eigenvalue weighted by molar-refractivity contribution is -0.116. The summed E-state index contributed by atoms with van der Waals surface area (Å²) in [5.74, 6) is -0.115. The number of nitrogens with one attached hydrogen (secondary N) is 1. The number of hydrogen-bond donors (Lipinski definition) is 1. The lowest BCUT2D eigenvalue weighted by Gasteiger charge is -2.01. The van der Waals surface area contributed by atoms with Gasteiger partial charge in [-0.25, -0.2) is 0 Å². The molecule has 0 heterocycles. The number of amides is 1. The number of allylic oxidation sites excluding steroid dienone is 1. The number of rotatable bonds is 2. The lowest BCUT2D eigenvalue weighted by atomic mass is 10.1. The number of likely N-dealkylation sites (N-methyl/N-ethyl adjacent to an activating group) is 1. The van der Waals surface area contributed by atoms with E-state index in [-0.39, 0.29) is 5.91 Å². The van der Waals surface area contributed by atoms with Crippen LogP contribution in [0.2, 0.25) is 0 Å². The van der Waals surface area contributed by atoms with Crippen molar-refractivity contribution < 1.29 is 4.79 Å². The first-order chi connectivity index (χ1) is 4.63. The fourth-order valence-corrected chi connectivity index (χ4v) is 0.504. The van der Waals surface area contributed by atoms with E-state index in [0.29, 0.717) is 5.57 Å². The Kier molecular flexibility index (Phi) is 3.47. The molecule has 1 amide bonds. The van der Waals surface area contributed by atoms with Gasteiger partial charge >= 0.3 is 0 Å². The van der Waals surface area contributed by atoms with Gasteiger partial charge in [-0.15, -0.1) is 0 Å². The van der Waals surface area contributed by atoms with Crippen LogP contribution in [0.25, 0.3) is 0 Å². The van der Waals surface area contributed by atoms with Gasteiger partial charge in [0, 0.05) is 12.6 Å². The van der Waals surface area contributed by atoms with E-state index in [0.717, 1.165) is 5.57 Å². The fourth-order valence-electron chi connectivity index (χ4n) is 0.504. The van der Waals surface area contributed by atoms with Crippen LogP contribution in [0.3, 0.4) is 0 Å². The quantitative estimate of drug-likeness (QED) is 0.453. The number of carbonyl (C=O) groups excluding carboxylic acids is 1. The minimum Gasteiger partial charge on any atom is -0.355 e. The van der Waals surface area contributed by atoms with Crippen LogP contribution >= 0.6 is 0 Å². The summed E-state index contributed by atoms with van der Waals surface area (Å²) in [6.07, 6.45) is 1.86. The van der Waals surface area contributed by atoms with E-state index in [4.69, 9.17) is 0 Å². The van der Waals surface area contributed by atoms with Crippen LogP contribution in [0.1, 0.15) is 13.8 Å². The highest BCUT2D eigenvalue weighted by molar-refractivity contribution is 5.96. The molecule has 10 heavy (non-hydrogen) atoms. The second kappa shape index (κ2) is 3.88. The maximum atomic E-state index is 10.9. The maximum Gasteiger partial charge on any atom is 0.250 e. The second-order valence-corrected chi connectivity index (χ2v) is 2.03. The van der Waals surface area contributed by atoms with Crippen molar-refractivity contribution in [2.24, 2.45) is 0 Å². The van der Waals surface area contributed by atoms with Crippen LogP contribution in [-0.2, 0) is 4.79 Å². The second-order valence-electron chi connectivity index (χ2n) is 2.03. The minimum atomic E-state index is -0.115. The summed E-state index contributed by atoms with van der Waals surface area (Å²) in [7, 11) is 1.59. The molecule has 1 N–H and O–H groups in total. The summed E-state index contributed by atoms with van der Waals surface area (Å²) in [5.41, 5.74) is 1.45. The fraction of sp³-hybridized carbons (Fsp3) is 0.375. The smallest absolute Gasteiger partial charge is 0.250 e. The van der Waals surface area contributed by atoms with Crippen molar-refractivity contribution in [3.05, 3.63) is 23.8 Å². The molecule has 0 aromatic heterocycles. The summed E-state index contributed by atoms with van der Waals surface area (Å²) in [6, 6.07) is 0. The lowest BCUT2D eigenvalue weighted by Crippen LogP contribution is -2.19. The molecule has 56 valence electrons. The monoisotopic (exact) mass is 139 g/mol. The van der Waals surface area contributed by atoms with Gasteiger partial charge in [0.1, 0.15) is 0 Å². The van der Waals surface area contributed by atoms with Crippen LogP contribution < -0.4 is 5.32 Å². The maximum absolute atomic E-state index is 10.9. The van der Waals surface area contributed by atoms with Gasteiger partial charge < -0.3 is 5.32 Å². The van der Waals surface area contributed by atoms with E-state index in [9.17, 15) is 4.79 Å². The first-order valence-electron chi connectivity index (χ1n) is 3.17. The van der Waals surface area contributed by atoms with Crippen LogP contribution in [0.4, 0.5) is 0 Å². The van der Waals surface area contributed by atoms with Crippen molar-refractivity contribution in [1.82, 2.24) is 5.32 Å². The molecule has 0 aliphatic rings. The largest absolute Gasteiger partial charge is 0.355 e. The Bertz CT molecular complexity index is 180. The van der Waals surface area contributed by atoms with Crippen LogP contribution in [0.15, 0.2) is 23.8 Å². The third kappa shape index (κ3) is 2.05. The number of carbonyl (C=O) groups is 1. The highest BCUT2D eigenvalue weighted by Crippen LogP contribution is 2.04. The van der Waals surface area contributed by atoms with E-state index in [1.54, 1.807) is 7.05 Å². The van der Waals surface area contributed by atoms with Gasteiger partial charge in [-0.05, 0) is 19.4 Å². The normalized spacial score (nSPS) is 10.9. The molecule has 0 rings (SSSR count). The Morgan fingerprint density at radius 3 is 2.40 bits per heavy atom. The van der Waals surface area contributed by atoms with Gasteiger partial charge in [-0.2, -0.15) is 0 Å². The Morgan fingerprint density at radius 1 is 1.60 bits per heavy atom. The van der Waals surface area contributed by atoms with Crippen molar-refractivity contribution in [2.45, 2.75) is 13.8 Å². The van der Waals surface area contributed by atoms with Crippen LogP contribution in [-0.4, -0.2) is 13.0 Å². The van der Waals surface area contributed by atoms with E-state index in [2.05, 4.69) is 11.9 Å². The van der Waals surface area contributed by atoms with E-state index >= 15 is 0 Å². The topological polar surface area (TPSA) is 29.1 Å². The Morgan fingerprint density at radius 2 is 2.10 bits per heavy atom. The molecule has 0 fully saturated rings. The molecule has 2 nitrogen and oxygen atoms in total. The summed E-state index contributed by atoms with van der Waals surface area (Å²) in [6.45, 7) is 7.35. The Balaban J connectivity index is 4.23. The van der Waals surface area contributed by atoms with E-state index < -0.39 is 0 Å². The highest BCUT2D eigenvalue weighted by Gasteiger charge is 2.03. The predicted molar refractivity (Wildman–Crippen MR) is 42.6 cm³/mol. The molecule has 0 unspecified atom stereocenters. The average Bonchev–Trinajstić information content (AvgIpc) is 2.00. The zero-order valence-electron chi connectivity index (χ0n) is 6.69. The molecule has 0 aliphatic heterocycles. The summed E-state index contributed by atoms with van der Waals surface area (Å²) in [5, 5.41) is 2.50. The molecule has 0 bridgehead atoms. The highest BCUT2D eigenvalue weighted by atomic mass is 16.1. The summed E-state index contributed by atoms with van der Waals surface area (Å²) >= 11 is 0. The zero-order valence-corrected chi connectivity index (χ0v) is 6.69. The van der Waals surface area contributed by atoms with Gasteiger partial charge in [-0.3, -0.25) is 4.79 Å². The van der Waals surface area contributed by atoms with Crippen molar-refractivity contribution in [2.75, 3.05) is 7.05 Å². The summed E-state index contributed by atoms with van der Waals surface area (Å²) < 4.78 is 0. The number of hydrogen-bond acceptors (Lipinski definition) is 1. The zero-order chi connectivity index (χ0) is 8.15. The summed E-state index contributed by atoms with van der Waals surface area (Å²) in [4.78, 5) is 10.9. The molecule has 2 heteroatoms. The van der Waals surface area contributed by atoms with Gasteiger partial charge in [0.2, 0.25) is 0 Å². The van der Waals surface area contributed by atoms with Crippen LogP contribution in [0, 0.1) is 0 Å². The van der Waals surface area contributed by atoms with Gasteiger partial charge in [0.15, 0.2) is 0 Å². The molecular weight excluding hydrogens is 126 g/mol. The third-order valence-corrected chi connectivity index (χ3v) is 1.41. The van der Waals surface area contributed by atoms with Crippen molar-refractivity contribution >= 4 is 5.91 Å². The van der Waals surface area contributed by atoms with Gasteiger partial charge in [-0.1, -0.05) is 12.7 Å². The van der Waals surface area contributed by atoms with Gasteiger partial charge in [0.25, 0.3) is 5.91 Å². The molecular formula is C8H13NO. The third-order valence-electron chi connectivity index (χ3n) is 1.41. The first-order valence-corrected chi connectivity index (χ1v) is 3.17. The Hall–Kier alpha value is -1.05. The predicted octanol–water partition coefficient (Wildman–Crippen LogP) is 1.25. The van der Waals surface area contributed by atoms with Crippen molar-refractivity contribution in [3.8, 4) is 0 Å². The first kappa shape index (κ1) is 8.95. The molecule has 0 spiro atoms. The van der Waals surface area contributed by atoms with E-state index in [1.807, 2.05) is 19.9 Å². The molecule has 0 aromatic rings. The van der Waals surface area contributed by atoms with Gasteiger partial charge in [0.05, 0.1) is 0 Å². The van der Waals surface area contributed by atoms with E-state index in [1.165, 1.54) is 0 Å². The SMILES string of the molecule is C=C(C(=O)NC)/C(C)=C/C. The molecule has 0 atom stereocenters. The molecule has 0 saturated carbocycles. The molecule has 0 aromatic carbocycles. The standard InChI is InChI=1S/C8H13NO/c1-5-6(2)7(3)8(10)9-4/h5H,3H2,1-2,4H3,(H,9,10)/b6-5+. The minimum absolute atomic E-state index is 0.115. The Labute approximate surface area is 61.6 Å².